The van der Waals surface area contributed by atoms with Gasteiger partial charge in [0.25, 0.3) is 10.2 Å². The average Bonchev–Trinajstić information content (AvgIpc) is 2.92. The van der Waals surface area contributed by atoms with E-state index in [2.05, 4.69) is 10.1 Å². The molecular formula is C13H22N4O3S. The first-order chi connectivity index (χ1) is 10.2. The molecule has 0 aliphatic carbocycles. The van der Waals surface area contributed by atoms with Gasteiger partial charge < -0.3 is 4.52 Å². The van der Waals surface area contributed by atoms with Crippen molar-refractivity contribution >= 4 is 10.2 Å². The first kappa shape index (κ1) is 14.9. The molecule has 0 radical (unpaired) electrons. The van der Waals surface area contributed by atoms with Gasteiger partial charge in [-0.3, -0.25) is 0 Å². The Balaban J connectivity index is 1.88. The standard InChI is InChI=1S/C13H22N4O3S/c18-21(19,16-8-4-2-5-9-16)17-10-6-1-3-7-12(17)13-14-11-20-15-13/h11-12H,1-10H2/t12-/m0/s1. The highest BCUT2D eigenvalue weighted by Gasteiger charge is 2.38. The Hall–Kier alpha value is -0.990. The summed E-state index contributed by atoms with van der Waals surface area (Å²) in [6.07, 6.45) is 7.95. The molecule has 1 atom stereocenters. The fourth-order valence-corrected chi connectivity index (χ4v) is 5.08. The highest BCUT2D eigenvalue weighted by molar-refractivity contribution is 7.86. The van der Waals surface area contributed by atoms with Crippen molar-refractivity contribution in [1.29, 1.82) is 0 Å². The van der Waals surface area contributed by atoms with Gasteiger partial charge in [0, 0.05) is 19.6 Å². The molecule has 2 aliphatic rings. The van der Waals surface area contributed by atoms with Crippen molar-refractivity contribution in [2.45, 2.75) is 51.0 Å². The SMILES string of the molecule is O=S(=O)(N1CCCCC1)N1CCCCC[C@H]1c1ncon1. The summed E-state index contributed by atoms with van der Waals surface area (Å²) in [5.41, 5.74) is 0. The molecule has 1 aromatic heterocycles. The van der Waals surface area contributed by atoms with Gasteiger partial charge in [0.05, 0.1) is 6.04 Å². The first-order valence-corrected chi connectivity index (χ1v) is 9.12. The topological polar surface area (TPSA) is 79.5 Å². The van der Waals surface area contributed by atoms with Crippen molar-refractivity contribution in [3.8, 4) is 0 Å². The van der Waals surface area contributed by atoms with Gasteiger partial charge in [-0.2, -0.15) is 22.0 Å². The molecule has 0 N–H and O–H groups in total. The predicted molar refractivity (Wildman–Crippen MR) is 76.6 cm³/mol. The minimum atomic E-state index is -3.44. The monoisotopic (exact) mass is 314 g/mol. The van der Waals surface area contributed by atoms with Crippen LogP contribution in [0.5, 0.6) is 0 Å². The molecule has 0 saturated carbocycles. The molecular weight excluding hydrogens is 292 g/mol. The van der Waals surface area contributed by atoms with E-state index in [1.54, 1.807) is 8.61 Å². The summed E-state index contributed by atoms with van der Waals surface area (Å²) in [6, 6.07) is -0.293. The quantitative estimate of drug-likeness (QED) is 0.848. The van der Waals surface area contributed by atoms with Gasteiger partial charge in [-0.25, -0.2) is 0 Å². The maximum atomic E-state index is 13.0. The Morgan fingerprint density at radius 2 is 1.76 bits per heavy atom. The minimum Gasteiger partial charge on any atom is -0.343 e. The summed E-state index contributed by atoms with van der Waals surface area (Å²) in [5.74, 6) is 0.484. The van der Waals surface area contributed by atoms with Gasteiger partial charge in [-0.1, -0.05) is 24.4 Å². The van der Waals surface area contributed by atoms with Crippen molar-refractivity contribution in [3.63, 3.8) is 0 Å². The molecule has 118 valence electrons. The third kappa shape index (κ3) is 3.12. The Bertz CT molecular complexity index is 540. The number of nitrogens with zero attached hydrogens (tertiary/aromatic N) is 4. The van der Waals surface area contributed by atoms with E-state index in [1.165, 1.54) is 6.39 Å². The van der Waals surface area contributed by atoms with Gasteiger partial charge in [0.2, 0.25) is 6.39 Å². The molecule has 3 rings (SSSR count). The van der Waals surface area contributed by atoms with Crippen LogP contribution in [0.15, 0.2) is 10.9 Å². The fourth-order valence-electron chi connectivity index (χ4n) is 3.19. The zero-order chi connectivity index (χ0) is 14.7. The molecule has 3 heterocycles. The van der Waals surface area contributed by atoms with Crippen molar-refractivity contribution in [2.75, 3.05) is 19.6 Å². The Labute approximate surface area is 125 Å². The van der Waals surface area contributed by atoms with Crippen LogP contribution in [0.4, 0.5) is 0 Å². The second kappa shape index (κ2) is 6.41. The molecule has 0 aromatic carbocycles. The first-order valence-electron chi connectivity index (χ1n) is 7.73. The van der Waals surface area contributed by atoms with Gasteiger partial charge in [0.15, 0.2) is 5.82 Å². The molecule has 2 saturated heterocycles. The minimum absolute atomic E-state index is 0.293. The van der Waals surface area contributed by atoms with Crippen LogP contribution < -0.4 is 0 Å². The van der Waals surface area contributed by atoms with E-state index in [9.17, 15) is 8.42 Å². The molecule has 2 fully saturated rings. The zero-order valence-corrected chi connectivity index (χ0v) is 13.0. The predicted octanol–water partition coefficient (Wildman–Crippen LogP) is 1.72. The molecule has 2 aliphatic heterocycles. The van der Waals surface area contributed by atoms with E-state index >= 15 is 0 Å². The van der Waals surface area contributed by atoms with Gasteiger partial charge in [0.1, 0.15) is 0 Å². The van der Waals surface area contributed by atoms with E-state index in [1.807, 2.05) is 0 Å². The van der Waals surface area contributed by atoms with E-state index in [-0.39, 0.29) is 6.04 Å². The van der Waals surface area contributed by atoms with E-state index in [4.69, 9.17) is 4.52 Å². The van der Waals surface area contributed by atoms with Crippen molar-refractivity contribution in [3.05, 3.63) is 12.2 Å². The van der Waals surface area contributed by atoms with Crippen LogP contribution in [0.3, 0.4) is 0 Å². The Morgan fingerprint density at radius 1 is 1.05 bits per heavy atom. The largest absolute Gasteiger partial charge is 0.343 e. The maximum Gasteiger partial charge on any atom is 0.282 e. The fraction of sp³-hybridized carbons (Fsp3) is 0.846. The van der Waals surface area contributed by atoms with Crippen LogP contribution in [-0.4, -0.2) is 46.8 Å². The summed E-state index contributed by atoms with van der Waals surface area (Å²) >= 11 is 0. The molecule has 0 bridgehead atoms. The van der Waals surface area contributed by atoms with Crippen molar-refractivity contribution < 1.29 is 12.9 Å². The van der Waals surface area contributed by atoms with Crippen molar-refractivity contribution in [2.24, 2.45) is 0 Å². The second-order valence-electron chi connectivity index (χ2n) is 5.73. The molecule has 8 heteroatoms. The van der Waals surface area contributed by atoms with Gasteiger partial charge >= 0.3 is 0 Å². The Kier molecular flexibility index (Phi) is 4.56. The molecule has 7 nitrogen and oxygen atoms in total. The number of piperidine rings is 1. The van der Waals surface area contributed by atoms with Crippen LogP contribution in [0.25, 0.3) is 0 Å². The maximum absolute atomic E-state index is 13.0. The second-order valence-corrected chi connectivity index (χ2v) is 7.61. The summed E-state index contributed by atoms with van der Waals surface area (Å²) in [5, 5.41) is 3.88. The highest BCUT2D eigenvalue weighted by atomic mass is 32.2. The zero-order valence-electron chi connectivity index (χ0n) is 12.1. The summed E-state index contributed by atoms with van der Waals surface area (Å²) < 4.78 is 34.0. The smallest absolute Gasteiger partial charge is 0.282 e. The van der Waals surface area contributed by atoms with Crippen LogP contribution >= 0.6 is 0 Å². The third-order valence-electron chi connectivity index (χ3n) is 4.32. The summed E-state index contributed by atoms with van der Waals surface area (Å²) in [7, 11) is -3.44. The number of hydrogen-bond donors (Lipinski definition) is 0. The lowest BCUT2D eigenvalue weighted by atomic mass is 10.1. The normalized spacial score (nSPS) is 26.6. The van der Waals surface area contributed by atoms with E-state index in [0.29, 0.717) is 25.5 Å². The lowest BCUT2D eigenvalue weighted by Gasteiger charge is -2.34. The number of hydrogen-bond acceptors (Lipinski definition) is 5. The average molecular weight is 314 g/mol. The highest BCUT2D eigenvalue weighted by Crippen LogP contribution is 2.32. The third-order valence-corrected chi connectivity index (χ3v) is 6.37. The van der Waals surface area contributed by atoms with Crippen LogP contribution in [-0.2, 0) is 10.2 Å². The Morgan fingerprint density at radius 3 is 2.48 bits per heavy atom. The number of rotatable bonds is 3. The van der Waals surface area contributed by atoms with Crippen LogP contribution in [0.2, 0.25) is 0 Å². The van der Waals surface area contributed by atoms with Crippen LogP contribution in [0.1, 0.15) is 56.8 Å². The van der Waals surface area contributed by atoms with Gasteiger partial charge in [-0.15, -0.1) is 0 Å². The summed E-state index contributed by atoms with van der Waals surface area (Å²) in [6.45, 7) is 1.79. The van der Waals surface area contributed by atoms with Crippen LogP contribution in [0, 0.1) is 0 Å². The van der Waals surface area contributed by atoms with Crippen molar-refractivity contribution in [1.82, 2.24) is 18.8 Å². The molecule has 1 aromatic rings. The van der Waals surface area contributed by atoms with Gasteiger partial charge in [-0.05, 0) is 25.7 Å². The lowest BCUT2D eigenvalue weighted by molar-refractivity contribution is 0.259. The summed E-state index contributed by atoms with van der Waals surface area (Å²) in [4.78, 5) is 4.09. The number of aromatic nitrogens is 2. The van der Waals surface area contributed by atoms with E-state index in [0.717, 1.165) is 44.9 Å². The lowest BCUT2D eigenvalue weighted by Crippen LogP contribution is -2.47. The van der Waals surface area contributed by atoms with E-state index < -0.39 is 10.2 Å². The molecule has 0 unspecified atom stereocenters. The molecule has 21 heavy (non-hydrogen) atoms. The molecule has 0 spiro atoms. The molecule has 0 amide bonds.